The molecule has 1 aromatic carbocycles. The largest absolute Gasteiger partial charge is 0.466 e. The number of esters is 1. The molecule has 0 unspecified atom stereocenters. The van der Waals surface area contributed by atoms with E-state index in [4.69, 9.17) is 9.72 Å². The molecule has 4 rings (SSSR count). The number of carbonyl (C=O) groups is 1. The molecular weight excluding hydrogens is 366 g/mol. The molecular formula is C24H27NO2S. The van der Waals surface area contributed by atoms with Crippen LogP contribution in [0.3, 0.4) is 0 Å². The minimum absolute atomic E-state index is 0.171. The summed E-state index contributed by atoms with van der Waals surface area (Å²) in [7, 11) is 0. The normalized spacial score (nSPS) is 13.5. The number of carbonyl (C=O) groups excluding carboxylic acids is 1. The van der Waals surface area contributed by atoms with Crippen LogP contribution in [-0.4, -0.2) is 17.6 Å². The topological polar surface area (TPSA) is 39.2 Å². The summed E-state index contributed by atoms with van der Waals surface area (Å²) in [4.78, 5) is 20.1. The van der Waals surface area contributed by atoms with Gasteiger partial charge in [0.05, 0.1) is 13.0 Å². The molecule has 2 aromatic heterocycles. The highest BCUT2D eigenvalue weighted by Crippen LogP contribution is 2.43. The van der Waals surface area contributed by atoms with Crippen LogP contribution in [0.15, 0.2) is 24.3 Å². The summed E-state index contributed by atoms with van der Waals surface area (Å²) in [5.74, 6) is -0.171. The number of hydrogen-bond acceptors (Lipinski definition) is 4. The standard InChI is InChI=1S/C24H27NO2S/c1-4-19-18(14-21(26)27-5-2)22(16-12-10-15(3)11-13-16)23-17-8-6-7-9-20(17)28-24(23)25-19/h10-13H,4-9,14H2,1-3H3. The smallest absolute Gasteiger partial charge is 0.310 e. The van der Waals surface area contributed by atoms with Crippen LogP contribution in [-0.2, 0) is 35.2 Å². The van der Waals surface area contributed by atoms with Crippen LogP contribution >= 0.6 is 11.3 Å². The van der Waals surface area contributed by atoms with Gasteiger partial charge < -0.3 is 4.74 Å². The molecule has 0 bridgehead atoms. The minimum Gasteiger partial charge on any atom is -0.466 e. The van der Waals surface area contributed by atoms with E-state index in [0.717, 1.165) is 35.4 Å². The van der Waals surface area contributed by atoms with Crippen LogP contribution < -0.4 is 0 Å². The maximum atomic E-state index is 12.4. The fourth-order valence-corrected chi connectivity index (χ4v) is 5.54. The van der Waals surface area contributed by atoms with Crippen molar-refractivity contribution in [2.24, 2.45) is 0 Å². The fraction of sp³-hybridized carbons (Fsp3) is 0.417. The molecule has 0 N–H and O–H groups in total. The first kappa shape index (κ1) is 19.1. The average molecular weight is 394 g/mol. The maximum absolute atomic E-state index is 12.4. The molecule has 4 heteroatoms. The second-order valence-corrected chi connectivity index (χ2v) is 8.59. The van der Waals surface area contributed by atoms with Crippen molar-refractivity contribution < 1.29 is 9.53 Å². The first-order valence-electron chi connectivity index (χ1n) is 10.3. The van der Waals surface area contributed by atoms with E-state index in [1.54, 1.807) is 0 Å². The molecule has 3 aromatic rings. The Labute approximate surface area is 170 Å². The quantitative estimate of drug-likeness (QED) is 0.513. The molecule has 0 aliphatic heterocycles. The number of benzene rings is 1. The number of aromatic nitrogens is 1. The number of hydrogen-bond donors (Lipinski definition) is 0. The van der Waals surface area contributed by atoms with Crippen molar-refractivity contribution in [1.82, 2.24) is 4.98 Å². The van der Waals surface area contributed by atoms with Crippen LogP contribution in [0.5, 0.6) is 0 Å². The fourth-order valence-electron chi connectivity index (χ4n) is 4.25. The predicted octanol–water partition coefficient (Wildman–Crippen LogP) is 5.82. The molecule has 146 valence electrons. The van der Waals surface area contributed by atoms with Gasteiger partial charge in [0.1, 0.15) is 4.83 Å². The third-order valence-corrected chi connectivity index (χ3v) is 6.78. The lowest BCUT2D eigenvalue weighted by molar-refractivity contribution is -0.142. The number of nitrogens with zero attached hydrogens (tertiary/aromatic N) is 1. The molecule has 0 amide bonds. The molecule has 0 saturated carbocycles. The van der Waals surface area contributed by atoms with Crippen molar-refractivity contribution in [1.29, 1.82) is 0 Å². The molecule has 0 spiro atoms. The molecule has 1 aliphatic rings. The Kier molecular flexibility index (Phi) is 5.49. The Morgan fingerprint density at radius 1 is 1.14 bits per heavy atom. The number of pyridine rings is 1. The SMILES string of the molecule is CCOC(=O)Cc1c(CC)nc2sc3c(c2c1-c1ccc(C)cc1)CCCC3. The number of rotatable bonds is 5. The Morgan fingerprint density at radius 2 is 1.89 bits per heavy atom. The minimum atomic E-state index is -0.171. The van der Waals surface area contributed by atoms with E-state index < -0.39 is 0 Å². The van der Waals surface area contributed by atoms with Gasteiger partial charge in [-0.05, 0) is 68.2 Å². The van der Waals surface area contributed by atoms with Crippen LogP contribution in [0.4, 0.5) is 0 Å². The third kappa shape index (κ3) is 3.46. The molecule has 0 saturated heterocycles. The Bertz CT molecular complexity index is 1020. The number of fused-ring (bicyclic) bond motifs is 3. The Hall–Kier alpha value is -2.20. The Balaban J connectivity index is 2.02. The molecule has 0 fully saturated rings. The van der Waals surface area contributed by atoms with E-state index in [-0.39, 0.29) is 12.4 Å². The molecule has 1 aliphatic carbocycles. The zero-order valence-corrected chi connectivity index (χ0v) is 17.7. The molecule has 28 heavy (non-hydrogen) atoms. The molecule has 0 atom stereocenters. The van der Waals surface area contributed by atoms with E-state index in [1.165, 1.54) is 45.4 Å². The highest BCUT2D eigenvalue weighted by molar-refractivity contribution is 7.19. The van der Waals surface area contributed by atoms with E-state index in [2.05, 4.69) is 38.1 Å². The second-order valence-electron chi connectivity index (χ2n) is 7.50. The lowest BCUT2D eigenvalue weighted by atomic mass is 9.88. The summed E-state index contributed by atoms with van der Waals surface area (Å²) in [6, 6.07) is 8.68. The van der Waals surface area contributed by atoms with Crippen molar-refractivity contribution >= 4 is 27.5 Å². The average Bonchev–Trinajstić information content (AvgIpc) is 3.06. The molecule has 0 radical (unpaired) electrons. The summed E-state index contributed by atoms with van der Waals surface area (Å²) in [6.07, 6.45) is 5.85. The van der Waals surface area contributed by atoms with Crippen LogP contribution in [0.2, 0.25) is 0 Å². The van der Waals surface area contributed by atoms with Gasteiger partial charge >= 0.3 is 5.97 Å². The number of aryl methyl sites for hydroxylation is 4. The van der Waals surface area contributed by atoms with Crippen molar-refractivity contribution in [3.63, 3.8) is 0 Å². The molecule has 3 nitrogen and oxygen atoms in total. The summed E-state index contributed by atoms with van der Waals surface area (Å²) < 4.78 is 5.30. The zero-order chi connectivity index (χ0) is 19.7. The van der Waals surface area contributed by atoms with Gasteiger partial charge in [-0.3, -0.25) is 4.79 Å². The van der Waals surface area contributed by atoms with Gasteiger partial charge in [0.2, 0.25) is 0 Å². The number of ether oxygens (including phenoxy) is 1. The Morgan fingerprint density at radius 3 is 2.61 bits per heavy atom. The van der Waals surface area contributed by atoms with Crippen molar-refractivity contribution in [2.75, 3.05) is 6.61 Å². The molecule has 2 heterocycles. The van der Waals surface area contributed by atoms with Crippen LogP contribution in [0.25, 0.3) is 21.3 Å². The summed E-state index contributed by atoms with van der Waals surface area (Å²) in [6.45, 7) is 6.49. The van der Waals surface area contributed by atoms with E-state index in [9.17, 15) is 4.79 Å². The van der Waals surface area contributed by atoms with Gasteiger partial charge in [-0.2, -0.15) is 0 Å². The highest BCUT2D eigenvalue weighted by Gasteiger charge is 2.25. The summed E-state index contributed by atoms with van der Waals surface area (Å²) in [5, 5.41) is 1.28. The lowest BCUT2D eigenvalue weighted by Gasteiger charge is -2.18. The van der Waals surface area contributed by atoms with Gasteiger partial charge in [-0.25, -0.2) is 4.98 Å². The van der Waals surface area contributed by atoms with E-state index in [1.807, 2.05) is 18.3 Å². The van der Waals surface area contributed by atoms with Crippen LogP contribution in [0.1, 0.15) is 54.0 Å². The van der Waals surface area contributed by atoms with Gasteiger partial charge in [0, 0.05) is 16.0 Å². The van der Waals surface area contributed by atoms with Gasteiger partial charge in [-0.15, -0.1) is 11.3 Å². The monoisotopic (exact) mass is 393 g/mol. The van der Waals surface area contributed by atoms with Gasteiger partial charge in [0.25, 0.3) is 0 Å². The zero-order valence-electron chi connectivity index (χ0n) is 16.9. The summed E-state index contributed by atoms with van der Waals surface area (Å²) in [5.41, 5.74) is 7.15. The number of thiophene rings is 1. The van der Waals surface area contributed by atoms with Gasteiger partial charge in [-0.1, -0.05) is 36.8 Å². The van der Waals surface area contributed by atoms with Crippen molar-refractivity contribution in [3.8, 4) is 11.1 Å². The maximum Gasteiger partial charge on any atom is 0.310 e. The lowest BCUT2D eigenvalue weighted by Crippen LogP contribution is -2.12. The van der Waals surface area contributed by atoms with E-state index >= 15 is 0 Å². The van der Waals surface area contributed by atoms with E-state index in [0.29, 0.717) is 6.61 Å². The highest BCUT2D eigenvalue weighted by atomic mass is 32.1. The first-order chi connectivity index (χ1) is 13.6. The first-order valence-corrected chi connectivity index (χ1v) is 11.1. The van der Waals surface area contributed by atoms with Gasteiger partial charge in [0.15, 0.2) is 0 Å². The third-order valence-electron chi connectivity index (χ3n) is 5.59. The second kappa shape index (κ2) is 8.04. The predicted molar refractivity (Wildman–Crippen MR) is 116 cm³/mol. The van der Waals surface area contributed by atoms with Crippen molar-refractivity contribution in [3.05, 3.63) is 51.5 Å². The van der Waals surface area contributed by atoms with Crippen LogP contribution in [0, 0.1) is 6.92 Å². The summed E-state index contributed by atoms with van der Waals surface area (Å²) >= 11 is 1.85. The van der Waals surface area contributed by atoms with Crippen molar-refractivity contribution in [2.45, 2.75) is 59.3 Å².